The summed E-state index contributed by atoms with van der Waals surface area (Å²) in [6.07, 6.45) is 0. The number of carbonyl (C=O) groups excluding carboxylic acids is 1. The molecule has 0 aromatic heterocycles. The molecule has 1 amide bonds. The number of hydrogen-bond donors (Lipinski definition) is 3. The Morgan fingerprint density at radius 2 is 1.72 bits per heavy atom. The van der Waals surface area contributed by atoms with E-state index in [1.165, 1.54) is 37.3 Å². The third-order valence-corrected chi connectivity index (χ3v) is 5.03. The standard InChI is InChI=1S/C15H12Cl2N2O5S/c1-8(20)18-14-5-2-9(6-13(14)17)19-25(23,24)10-3-4-12(16)11(7-10)15(21)22/h2-7,19H,1H3,(H,18,20)(H,21,22). The second-order valence-corrected chi connectivity index (χ2v) is 7.42. The fourth-order valence-electron chi connectivity index (χ4n) is 1.92. The van der Waals surface area contributed by atoms with Gasteiger partial charge in [0.1, 0.15) is 0 Å². The molecule has 0 bridgehead atoms. The van der Waals surface area contributed by atoms with Gasteiger partial charge in [-0.25, -0.2) is 13.2 Å². The van der Waals surface area contributed by atoms with Crippen molar-refractivity contribution in [1.29, 1.82) is 0 Å². The number of sulfonamides is 1. The second kappa shape index (κ2) is 7.30. The smallest absolute Gasteiger partial charge is 0.337 e. The van der Waals surface area contributed by atoms with Crippen LogP contribution in [0.5, 0.6) is 0 Å². The highest BCUT2D eigenvalue weighted by molar-refractivity contribution is 7.92. The van der Waals surface area contributed by atoms with E-state index in [1.807, 2.05) is 0 Å². The Labute approximate surface area is 153 Å². The molecule has 0 radical (unpaired) electrons. The van der Waals surface area contributed by atoms with Gasteiger partial charge in [-0.05, 0) is 36.4 Å². The van der Waals surface area contributed by atoms with Gasteiger partial charge in [-0.3, -0.25) is 9.52 Å². The van der Waals surface area contributed by atoms with Gasteiger partial charge in [0.15, 0.2) is 0 Å². The maximum Gasteiger partial charge on any atom is 0.337 e. The first-order valence-corrected chi connectivity index (χ1v) is 8.97. The normalized spacial score (nSPS) is 11.0. The summed E-state index contributed by atoms with van der Waals surface area (Å²) in [5, 5.41) is 11.6. The van der Waals surface area contributed by atoms with Crippen LogP contribution in [-0.4, -0.2) is 25.4 Å². The van der Waals surface area contributed by atoms with Crippen LogP contribution in [0.25, 0.3) is 0 Å². The van der Waals surface area contributed by atoms with E-state index in [2.05, 4.69) is 10.0 Å². The van der Waals surface area contributed by atoms with Crippen molar-refractivity contribution in [3.63, 3.8) is 0 Å². The zero-order chi connectivity index (χ0) is 18.8. The largest absolute Gasteiger partial charge is 0.478 e. The number of halogens is 2. The molecule has 132 valence electrons. The molecule has 0 fully saturated rings. The third-order valence-electron chi connectivity index (χ3n) is 3.01. The van der Waals surface area contributed by atoms with E-state index in [1.54, 1.807) is 0 Å². The van der Waals surface area contributed by atoms with Crippen LogP contribution >= 0.6 is 23.2 Å². The Kier molecular flexibility index (Phi) is 5.56. The Hall–Kier alpha value is -2.29. The summed E-state index contributed by atoms with van der Waals surface area (Å²) in [7, 11) is -4.06. The van der Waals surface area contributed by atoms with Gasteiger partial charge in [-0.1, -0.05) is 23.2 Å². The van der Waals surface area contributed by atoms with Crippen LogP contribution in [0.4, 0.5) is 11.4 Å². The number of benzene rings is 2. The topological polar surface area (TPSA) is 113 Å². The van der Waals surface area contributed by atoms with Crippen LogP contribution in [0.15, 0.2) is 41.3 Å². The lowest BCUT2D eigenvalue weighted by atomic mass is 10.2. The van der Waals surface area contributed by atoms with E-state index < -0.39 is 16.0 Å². The summed E-state index contributed by atoms with van der Waals surface area (Å²) >= 11 is 11.7. The number of amides is 1. The van der Waals surface area contributed by atoms with Crippen molar-refractivity contribution in [2.75, 3.05) is 10.0 Å². The van der Waals surface area contributed by atoms with Crippen LogP contribution in [0.1, 0.15) is 17.3 Å². The number of anilines is 2. The SMILES string of the molecule is CC(=O)Nc1ccc(NS(=O)(=O)c2ccc(Cl)c(C(=O)O)c2)cc1Cl. The summed E-state index contributed by atoms with van der Waals surface area (Å²) in [6.45, 7) is 1.31. The molecule has 0 aliphatic rings. The van der Waals surface area contributed by atoms with Gasteiger partial charge in [0.25, 0.3) is 10.0 Å². The zero-order valence-electron chi connectivity index (χ0n) is 12.7. The van der Waals surface area contributed by atoms with Crippen LogP contribution in [-0.2, 0) is 14.8 Å². The molecule has 7 nitrogen and oxygen atoms in total. The summed E-state index contributed by atoms with van der Waals surface area (Å²) in [5.41, 5.74) is 0.145. The van der Waals surface area contributed by atoms with Crippen molar-refractivity contribution in [3.05, 3.63) is 52.0 Å². The van der Waals surface area contributed by atoms with E-state index in [0.717, 1.165) is 6.07 Å². The Morgan fingerprint density at radius 3 is 2.28 bits per heavy atom. The third kappa shape index (κ3) is 4.62. The summed E-state index contributed by atoms with van der Waals surface area (Å²) < 4.78 is 27.1. The molecular formula is C15H12Cl2N2O5S. The Morgan fingerprint density at radius 1 is 1.04 bits per heavy atom. The molecule has 10 heteroatoms. The van der Waals surface area contributed by atoms with E-state index in [-0.39, 0.29) is 32.1 Å². The second-order valence-electron chi connectivity index (χ2n) is 4.93. The molecule has 0 aliphatic carbocycles. The number of rotatable bonds is 5. The first-order chi connectivity index (χ1) is 11.6. The molecule has 0 unspecified atom stereocenters. The van der Waals surface area contributed by atoms with Crippen molar-refractivity contribution < 1.29 is 23.1 Å². The maximum absolute atomic E-state index is 12.4. The van der Waals surface area contributed by atoms with Crippen LogP contribution in [0.3, 0.4) is 0 Å². The number of hydrogen-bond acceptors (Lipinski definition) is 4. The number of nitrogens with one attached hydrogen (secondary N) is 2. The Balaban J connectivity index is 2.33. The first-order valence-electron chi connectivity index (χ1n) is 6.73. The minimum Gasteiger partial charge on any atom is -0.478 e. The van der Waals surface area contributed by atoms with Crippen LogP contribution in [0.2, 0.25) is 10.0 Å². The fourth-order valence-corrected chi connectivity index (χ4v) is 3.42. The highest BCUT2D eigenvalue weighted by Gasteiger charge is 2.19. The van der Waals surface area contributed by atoms with Crippen LogP contribution in [0, 0.1) is 0 Å². The van der Waals surface area contributed by atoms with Crippen LogP contribution < -0.4 is 10.0 Å². The molecule has 0 heterocycles. The lowest BCUT2D eigenvalue weighted by Crippen LogP contribution is -2.14. The lowest BCUT2D eigenvalue weighted by molar-refractivity contribution is -0.114. The number of carboxylic acids is 1. The van der Waals surface area contributed by atoms with Crippen molar-refractivity contribution in [3.8, 4) is 0 Å². The molecule has 0 atom stereocenters. The predicted octanol–water partition coefficient (Wildman–Crippen LogP) is 3.45. The van der Waals surface area contributed by atoms with Gasteiger partial charge in [-0.2, -0.15) is 0 Å². The molecule has 25 heavy (non-hydrogen) atoms. The molecule has 2 aromatic rings. The molecule has 3 N–H and O–H groups in total. The van der Waals surface area contributed by atoms with Gasteiger partial charge in [0, 0.05) is 6.92 Å². The highest BCUT2D eigenvalue weighted by Crippen LogP contribution is 2.28. The zero-order valence-corrected chi connectivity index (χ0v) is 15.0. The lowest BCUT2D eigenvalue weighted by Gasteiger charge is -2.11. The molecule has 0 aliphatic heterocycles. The summed E-state index contributed by atoms with van der Waals surface area (Å²) in [4.78, 5) is 21.8. The minimum absolute atomic E-state index is 0.0749. The monoisotopic (exact) mass is 402 g/mol. The molecule has 0 saturated heterocycles. The Bertz CT molecular complexity index is 960. The van der Waals surface area contributed by atoms with E-state index in [4.69, 9.17) is 28.3 Å². The van der Waals surface area contributed by atoms with Gasteiger partial charge >= 0.3 is 5.97 Å². The predicted molar refractivity (Wildman–Crippen MR) is 95.0 cm³/mol. The quantitative estimate of drug-likeness (QED) is 0.708. The number of carboxylic acid groups (broad SMARTS) is 1. The van der Waals surface area contributed by atoms with Gasteiger partial charge in [0.05, 0.1) is 31.9 Å². The highest BCUT2D eigenvalue weighted by atomic mass is 35.5. The van der Waals surface area contributed by atoms with Gasteiger partial charge in [0.2, 0.25) is 5.91 Å². The maximum atomic E-state index is 12.4. The van der Waals surface area contributed by atoms with E-state index in [0.29, 0.717) is 5.69 Å². The number of aromatic carboxylic acids is 1. The fraction of sp³-hybridized carbons (Fsp3) is 0.0667. The molecule has 0 spiro atoms. The summed E-state index contributed by atoms with van der Waals surface area (Å²) in [6, 6.07) is 7.49. The minimum atomic E-state index is -4.06. The van der Waals surface area contributed by atoms with Gasteiger partial charge < -0.3 is 10.4 Å². The molecule has 0 saturated carbocycles. The average Bonchev–Trinajstić information content (AvgIpc) is 2.49. The molecule has 2 aromatic carbocycles. The van der Waals surface area contributed by atoms with Crippen molar-refractivity contribution in [1.82, 2.24) is 0 Å². The molecule has 2 rings (SSSR count). The molecular weight excluding hydrogens is 391 g/mol. The van der Waals surface area contributed by atoms with Gasteiger partial charge in [-0.15, -0.1) is 0 Å². The van der Waals surface area contributed by atoms with Crippen molar-refractivity contribution in [2.24, 2.45) is 0 Å². The average molecular weight is 403 g/mol. The number of carbonyl (C=O) groups is 2. The van der Waals surface area contributed by atoms with Crippen molar-refractivity contribution >= 4 is 56.5 Å². The summed E-state index contributed by atoms with van der Waals surface area (Å²) in [5.74, 6) is -1.66. The van der Waals surface area contributed by atoms with E-state index >= 15 is 0 Å². The van der Waals surface area contributed by atoms with E-state index in [9.17, 15) is 18.0 Å². The van der Waals surface area contributed by atoms with Crippen molar-refractivity contribution in [2.45, 2.75) is 11.8 Å². The first kappa shape index (κ1) is 19.0.